The predicted octanol–water partition coefficient (Wildman–Crippen LogP) is 4.56. The van der Waals surface area contributed by atoms with E-state index in [1.54, 1.807) is 12.3 Å². The van der Waals surface area contributed by atoms with E-state index in [1.165, 1.54) is 12.1 Å². The van der Waals surface area contributed by atoms with E-state index in [-0.39, 0.29) is 0 Å². The average Bonchev–Trinajstić information content (AvgIpc) is 3.48. The highest BCUT2D eigenvalue weighted by atomic mass is 35.5. The number of H-pyrrole nitrogens is 1. The number of nitrogens with one attached hydrogen (secondary N) is 2. The molecule has 32 heavy (non-hydrogen) atoms. The van der Waals surface area contributed by atoms with Gasteiger partial charge in [0.1, 0.15) is 11.5 Å². The van der Waals surface area contributed by atoms with E-state index >= 15 is 0 Å². The normalized spacial score (nSPS) is 11.3. The number of benzene rings is 1. The van der Waals surface area contributed by atoms with Crippen molar-refractivity contribution in [3.05, 3.63) is 72.0 Å². The first-order valence-corrected chi connectivity index (χ1v) is 10.4. The van der Waals surface area contributed by atoms with Crippen molar-refractivity contribution in [2.45, 2.75) is 6.54 Å². The summed E-state index contributed by atoms with van der Waals surface area (Å²) < 4.78 is 16.3. The predicted molar refractivity (Wildman–Crippen MR) is 123 cm³/mol. The van der Waals surface area contributed by atoms with Gasteiger partial charge in [0.2, 0.25) is 0 Å². The van der Waals surface area contributed by atoms with Crippen LogP contribution in [0.5, 0.6) is 0 Å². The standard InChI is InChI=1S/C23H19ClFN7/c1-26-6-7-32-13-15(11-29-32)14-8-22-21(27-10-14)5-4-20(30-22)18-12-28-31-23(18)17-9-16(24)2-3-19(17)25/h2-5,8-13,26H,6-7H2,1H3,(H,28,31). The molecule has 0 fully saturated rings. The van der Waals surface area contributed by atoms with Crippen molar-refractivity contribution in [1.82, 2.24) is 35.3 Å². The number of hydrogen-bond acceptors (Lipinski definition) is 5. The highest BCUT2D eigenvalue weighted by Crippen LogP contribution is 2.33. The van der Waals surface area contributed by atoms with Crippen LogP contribution in [0.25, 0.3) is 44.7 Å². The number of hydrogen-bond donors (Lipinski definition) is 2. The second-order valence-corrected chi connectivity index (χ2v) is 7.76. The van der Waals surface area contributed by atoms with Crippen LogP contribution in [-0.2, 0) is 6.54 Å². The molecule has 0 aliphatic heterocycles. The second-order valence-electron chi connectivity index (χ2n) is 7.33. The third kappa shape index (κ3) is 3.86. The highest BCUT2D eigenvalue weighted by molar-refractivity contribution is 6.30. The summed E-state index contributed by atoms with van der Waals surface area (Å²) >= 11 is 6.08. The molecule has 1 aromatic carbocycles. The number of likely N-dealkylation sites (N-methyl/N-ethyl adjacent to an activating group) is 1. The third-order valence-corrected chi connectivity index (χ3v) is 5.43. The maximum atomic E-state index is 14.4. The van der Waals surface area contributed by atoms with Gasteiger partial charge in [0.15, 0.2) is 0 Å². The van der Waals surface area contributed by atoms with Crippen LogP contribution in [0, 0.1) is 5.82 Å². The summed E-state index contributed by atoms with van der Waals surface area (Å²) in [4.78, 5) is 9.33. The van der Waals surface area contributed by atoms with Crippen LogP contribution >= 0.6 is 11.6 Å². The van der Waals surface area contributed by atoms with Crippen molar-refractivity contribution in [3.63, 3.8) is 0 Å². The Labute approximate surface area is 188 Å². The minimum absolute atomic E-state index is 0.316. The zero-order chi connectivity index (χ0) is 22.1. The van der Waals surface area contributed by atoms with Gasteiger partial charge >= 0.3 is 0 Å². The van der Waals surface area contributed by atoms with Gasteiger partial charge in [-0.25, -0.2) is 9.37 Å². The Morgan fingerprint density at radius 1 is 1.06 bits per heavy atom. The smallest absolute Gasteiger partial charge is 0.132 e. The van der Waals surface area contributed by atoms with Crippen LogP contribution in [0.4, 0.5) is 4.39 Å². The molecule has 0 saturated heterocycles. The van der Waals surface area contributed by atoms with E-state index in [1.807, 2.05) is 48.5 Å². The van der Waals surface area contributed by atoms with Crippen molar-refractivity contribution in [3.8, 4) is 33.6 Å². The number of aromatic amines is 1. The van der Waals surface area contributed by atoms with Crippen LogP contribution in [0.1, 0.15) is 0 Å². The van der Waals surface area contributed by atoms with Crippen molar-refractivity contribution < 1.29 is 4.39 Å². The zero-order valence-electron chi connectivity index (χ0n) is 17.2. The lowest BCUT2D eigenvalue weighted by molar-refractivity contribution is 0.585. The van der Waals surface area contributed by atoms with E-state index in [0.717, 1.165) is 35.2 Å². The Morgan fingerprint density at radius 3 is 2.84 bits per heavy atom. The van der Waals surface area contributed by atoms with Gasteiger partial charge in [-0.1, -0.05) is 11.6 Å². The number of aromatic nitrogens is 6. The summed E-state index contributed by atoms with van der Waals surface area (Å²) in [5.74, 6) is -0.400. The molecule has 5 rings (SSSR count). The summed E-state index contributed by atoms with van der Waals surface area (Å²) in [7, 11) is 1.91. The fourth-order valence-electron chi connectivity index (χ4n) is 3.55. The van der Waals surface area contributed by atoms with Crippen LogP contribution in [0.2, 0.25) is 5.02 Å². The Bertz CT molecular complexity index is 1410. The molecule has 0 unspecified atom stereocenters. The van der Waals surface area contributed by atoms with Crippen LogP contribution < -0.4 is 5.32 Å². The molecule has 2 N–H and O–H groups in total. The maximum absolute atomic E-state index is 14.4. The SMILES string of the molecule is CNCCn1cc(-c2cnc3ccc(-c4c[nH]nc4-c4cc(Cl)ccc4F)nc3c2)cn1. The fraction of sp³-hybridized carbons (Fsp3) is 0.130. The Hall–Kier alpha value is -3.62. The van der Waals surface area contributed by atoms with E-state index in [9.17, 15) is 4.39 Å². The molecular weight excluding hydrogens is 429 g/mol. The van der Waals surface area contributed by atoms with Crippen LogP contribution in [0.3, 0.4) is 0 Å². The van der Waals surface area contributed by atoms with Gasteiger partial charge in [-0.15, -0.1) is 0 Å². The van der Waals surface area contributed by atoms with Crippen molar-refractivity contribution in [2.24, 2.45) is 0 Å². The average molecular weight is 448 g/mol. The molecule has 0 atom stereocenters. The molecule has 4 aromatic heterocycles. The lowest BCUT2D eigenvalue weighted by Gasteiger charge is -2.06. The van der Waals surface area contributed by atoms with Gasteiger partial charge < -0.3 is 5.32 Å². The summed E-state index contributed by atoms with van der Waals surface area (Å²) in [5, 5.41) is 15.0. The number of fused-ring (bicyclic) bond motifs is 1. The van der Waals surface area contributed by atoms with Gasteiger partial charge in [-0.3, -0.25) is 14.8 Å². The van der Waals surface area contributed by atoms with Gasteiger partial charge in [-0.2, -0.15) is 10.2 Å². The molecular formula is C23H19ClFN7. The molecule has 0 bridgehead atoms. The van der Waals surface area contributed by atoms with E-state index < -0.39 is 5.82 Å². The van der Waals surface area contributed by atoms with Crippen LogP contribution in [-0.4, -0.2) is 43.5 Å². The van der Waals surface area contributed by atoms with Crippen molar-refractivity contribution in [1.29, 1.82) is 0 Å². The molecule has 0 spiro atoms. The van der Waals surface area contributed by atoms with Gasteiger partial charge in [0, 0.05) is 52.4 Å². The number of halogens is 2. The molecule has 9 heteroatoms. The lowest BCUT2D eigenvalue weighted by atomic mass is 10.0. The van der Waals surface area contributed by atoms with Gasteiger partial charge in [0.05, 0.1) is 29.5 Å². The monoisotopic (exact) mass is 447 g/mol. The molecule has 4 heterocycles. The first-order chi connectivity index (χ1) is 15.6. The number of pyridine rings is 2. The Balaban J connectivity index is 1.54. The molecule has 0 radical (unpaired) electrons. The van der Waals surface area contributed by atoms with E-state index in [0.29, 0.717) is 27.5 Å². The van der Waals surface area contributed by atoms with E-state index in [2.05, 4.69) is 25.6 Å². The van der Waals surface area contributed by atoms with E-state index in [4.69, 9.17) is 16.6 Å². The molecule has 0 aliphatic carbocycles. The zero-order valence-corrected chi connectivity index (χ0v) is 17.9. The Kier molecular flexibility index (Phi) is 5.38. The Morgan fingerprint density at radius 2 is 1.97 bits per heavy atom. The first kappa shape index (κ1) is 20.3. The maximum Gasteiger partial charge on any atom is 0.132 e. The minimum Gasteiger partial charge on any atom is -0.318 e. The largest absolute Gasteiger partial charge is 0.318 e. The third-order valence-electron chi connectivity index (χ3n) is 5.19. The molecule has 5 aromatic rings. The summed E-state index contributed by atoms with van der Waals surface area (Å²) in [6, 6.07) is 10.1. The quantitative estimate of drug-likeness (QED) is 0.398. The van der Waals surface area contributed by atoms with Crippen LogP contribution in [0.15, 0.2) is 61.2 Å². The molecule has 7 nitrogen and oxygen atoms in total. The number of rotatable bonds is 6. The topological polar surface area (TPSA) is 84.3 Å². The molecule has 0 saturated carbocycles. The molecule has 160 valence electrons. The summed E-state index contributed by atoms with van der Waals surface area (Å²) in [6.45, 7) is 1.62. The summed E-state index contributed by atoms with van der Waals surface area (Å²) in [5.41, 5.74) is 5.48. The number of nitrogens with zero attached hydrogens (tertiary/aromatic N) is 5. The van der Waals surface area contributed by atoms with Crippen molar-refractivity contribution in [2.75, 3.05) is 13.6 Å². The molecule has 0 aliphatic rings. The molecule has 0 amide bonds. The van der Waals surface area contributed by atoms with Gasteiger partial charge in [0.25, 0.3) is 0 Å². The first-order valence-electron chi connectivity index (χ1n) is 10.1. The van der Waals surface area contributed by atoms with Gasteiger partial charge in [-0.05, 0) is 43.4 Å². The highest BCUT2D eigenvalue weighted by Gasteiger charge is 2.16. The minimum atomic E-state index is -0.400. The fourth-order valence-corrected chi connectivity index (χ4v) is 3.72. The summed E-state index contributed by atoms with van der Waals surface area (Å²) in [6.07, 6.45) is 7.32. The van der Waals surface area contributed by atoms with Crippen molar-refractivity contribution >= 4 is 22.6 Å². The lowest BCUT2D eigenvalue weighted by Crippen LogP contribution is -2.14. The second kappa shape index (κ2) is 8.49.